The van der Waals surface area contributed by atoms with Crippen molar-refractivity contribution in [3.63, 3.8) is 0 Å². The first-order valence-corrected chi connectivity index (χ1v) is 5.30. The van der Waals surface area contributed by atoms with Crippen molar-refractivity contribution in [2.75, 3.05) is 6.61 Å². The molecule has 1 aliphatic carbocycles. The highest BCUT2D eigenvalue weighted by Crippen LogP contribution is 2.27. The molecule has 0 radical (unpaired) electrons. The minimum atomic E-state index is -0.0174. The second-order valence-corrected chi connectivity index (χ2v) is 4.10. The molecule has 1 unspecified atom stereocenters. The van der Waals surface area contributed by atoms with Crippen LogP contribution in [0.2, 0.25) is 5.02 Å². The summed E-state index contributed by atoms with van der Waals surface area (Å²) in [6, 6.07) is 8.21. The molecule has 1 saturated carbocycles. The van der Waals surface area contributed by atoms with Crippen LogP contribution in [0.5, 0.6) is 0 Å². The fourth-order valence-electron chi connectivity index (χ4n) is 1.53. The first kappa shape index (κ1) is 9.97. The molecule has 76 valence electrons. The van der Waals surface area contributed by atoms with E-state index in [1.165, 1.54) is 12.8 Å². The molecule has 2 N–H and O–H groups in total. The average molecular weight is 212 g/mol. The lowest BCUT2D eigenvalue weighted by molar-refractivity contribution is 0.243. The third-order valence-corrected chi connectivity index (χ3v) is 2.82. The van der Waals surface area contributed by atoms with E-state index in [1.807, 2.05) is 24.3 Å². The normalized spacial score (nSPS) is 18.1. The van der Waals surface area contributed by atoms with E-state index >= 15 is 0 Å². The Bertz CT molecular complexity index is 312. The Balaban J connectivity index is 2.12. The van der Waals surface area contributed by atoms with Gasteiger partial charge in [0.25, 0.3) is 0 Å². The van der Waals surface area contributed by atoms with Gasteiger partial charge < -0.3 is 10.4 Å². The molecule has 1 atom stereocenters. The summed E-state index contributed by atoms with van der Waals surface area (Å²) in [5.41, 5.74) is 0.989. The van der Waals surface area contributed by atoms with Crippen LogP contribution < -0.4 is 5.32 Å². The average Bonchev–Trinajstić information content (AvgIpc) is 2.99. The molecular weight excluding hydrogens is 198 g/mol. The van der Waals surface area contributed by atoms with Gasteiger partial charge >= 0.3 is 0 Å². The van der Waals surface area contributed by atoms with E-state index in [2.05, 4.69) is 5.32 Å². The van der Waals surface area contributed by atoms with Crippen LogP contribution in [0.4, 0.5) is 0 Å². The highest BCUT2D eigenvalue weighted by molar-refractivity contribution is 6.31. The van der Waals surface area contributed by atoms with Crippen molar-refractivity contribution in [1.29, 1.82) is 0 Å². The number of hydrogen-bond donors (Lipinski definition) is 2. The molecule has 0 spiro atoms. The maximum absolute atomic E-state index is 9.26. The molecule has 0 bridgehead atoms. The van der Waals surface area contributed by atoms with Crippen molar-refractivity contribution >= 4 is 11.6 Å². The largest absolute Gasteiger partial charge is 0.394 e. The van der Waals surface area contributed by atoms with E-state index < -0.39 is 0 Å². The van der Waals surface area contributed by atoms with Gasteiger partial charge in [-0.05, 0) is 24.5 Å². The number of aliphatic hydroxyl groups is 1. The summed E-state index contributed by atoms with van der Waals surface area (Å²) in [6.07, 6.45) is 2.42. The fourth-order valence-corrected chi connectivity index (χ4v) is 1.80. The van der Waals surface area contributed by atoms with E-state index in [1.54, 1.807) is 0 Å². The molecule has 0 aromatic heterocycles. The van der Waals surface area contributed by atoms with Crippen molar-refractivity contribution in [3.05, 3.63) is 34.9 Å². The van der Waals surface area contributed by atoms with Gasteiger partial charge in [-0.1, -0.05) is 29.8 Å². The number of aliphatic hydroxyl groups excluding tert-OH is 1. The lowest BCUT2D eigenvalue weighted by Crippen LogP contribution is -2.26. The van der Waals surface area contributed by atoms with Gasteiger partial charge in [0.15, 0.2) is 0 Å². The minimum absolute atomic E-state index is 0.0174. The Hall–Kier alpha value is -0.570. The van der Waals surface area contributed by atoms with Crippen molar-refractivity contribution in [3.8, 4) is 0 Å². The Kier molecular flexibility index (Phi) is 3.06. The SMILES string of the molecule is OCC(NC1CC1)c1ccccc1Cl. The van der Waals surface area contributed by atoms with Crippen molar-refractivity contribution in [1.82, 2.24) is 5.32 Å². The zero-order valence-corrected chi connectivity index (χ0v) is 8.67. The number of benzene rings is 1. The highest BCUT2D eigenvalue weighted by atomic mass is 35.5. The van der Waals surface area contributed by atoms with Crippen molar-refractivity contribution in [2.24, 2.45) is 0 Å². The maximum atomic E-state index is 9.26. The molecule has 2 nitrogen and oxygen atoms in total. The van der Waals surface area contributed by atoms with Gasteiger partial charge in [0, 0.05) is 11.1 Å². The lowest BCUT2D eigenvalue weighted by Gasteiger charge is -2.17. The number of nitrogens with one attached hydrogen (secondary N) is 1. The van der Waals surface area contributed by atoms with Gasteiger partial charge in [0.1, 0.15) is 0 Å². The fraction of sp³-hybridized carbons (Fsp3) is 0.455. The smallest absolute Gasteiger partial charge is 0.0627 e. The Morgan fingerprint density at radius 1 is 1.43 bits per heavy atom. The van der Waals surface area contributed by atoms with Gasteiger partial charge in [-0.15, -0.1) is 0 Å². The summed E-state index contributed by atoms with van der Waals surface area (Å²) in [4.78, 5) is 0. The van der Waals surface area contributed by atoms with Crippen LogP contribution >= 0.6 is 11.6 Å². The molecular formula is C11H14ClNO. The monoisotopic (exact) mass is 211 g/mol. The van der Waals surface area contributed by atoms with E-state index in [-0.39, 0.29) is 12.6 Å². The van der Waals surface area contributed by atoms with Crippen LogP contribution in [0.15, 0.2) is 24.3 Å². The van der Waals surface area contributed by atoms with Crippen LogP contribution in [0.1, 0.15) is 24.4 Å². The third-order valence-electron chi connectivity index (χ3n) is 2.48. The predicted molar refractivity (Wildman–Crippen MR) is 57.4 cm³/mol. The highest BCUT2D eigenvalue weighted by Gasteiger charge is 2.25. The predicted octanol–water partition coefficient (Wildman–Crippen LogP) is 2.13. The summed E-state index contributed by atoms with van der Waals surface area (Å²) >= 11 is 6.05. The van der Waals surface area contributed by atoms with Crippen LogP contribution in [0.25, 0.3) is 0 Å². The molecule has 0 saturated heterocycles. The molecule has 0 heterocycles. The minimum Gasteiger partial charge on any atom is -0.394 e. The second-order valence-electron chi connectivity index (χ2n) is 3.70. The van der Waals surface area contributed by atoms with Gasteiger partial charge in [-0.2, -0.15) is 0 Å². The van der Waals surface area contributed by atoms with E-state index in [4.69, 9.17) is 11.6 Å². The van der Waals surface area contributed by atoms with Crippen LogP contribution in [-0.2, 0) is 0 Å². The quantitative estimate of drug-likeness (QED) is 0.800. The summed E-state index contributed by atoms with van der Waals surface area (Å²) in [5, 5.41) is 13.3. The Morgan fingerprint density at radius 2 is 2.14 bits per heavy atom. The number of rotatable bonds is 4. The Morgan fingerprint density at radius 3 is 2.71 bits per heavy atom. The molecule has 14 heavy (non-hydrogen) atoms. The van der Waals surface area contributed by atoms with Gasteiger partial charge in [-0.3, -0.25) is 0 Å². The molecule has 0 aliphatic heterocycles. The van der Waals surface area contributed by atoms with Gasteiger partial charge in [0.2, 0.25) is 0 Å². The Labute approximate surface area is 88.9 Å². The molecule has 1 aromatic carbocycles. The summed E-state index contributed by atoms with van der Waals surface area (Å²) in [5.74, 6) is 0. The zero-order valence-electron chi connectivity index (χ0n) is 7.91. The number of hydrogen-bond acceptors (Lipinski definition) is 2. The van der Waals surface area contributed by atoms with E-state index in [0.29, 0.717) is 6.04 Å². The van der Waals surface area contributed by atoms with Gasteiger partial charge in [-0.25, -0.2) is 0 Å². The zero-order chi connectivity index (χ0) is 9.97. The van der Waals surface area contributed by atoms with Crippen LogP contribution in [0.3, 0.4) is 0 Å². The van der Waals surface area contributed by atoms with Crippen LogP contribution in [0, 0.1) is 0 Å². The third kappa shape index (κ3) is 2.27. The summed E-state index contributed by atoms with van der Waals surface area (Å²) in [7, 11) is 0. The number of halogens is 1. The van der Waals surface area contributed by atoms with Crippen molar-refractivity contribution < 1.29 is 5.11 Å². The second kappa shape index (κ2) is 4.30. The standard InChI is InChI=1S/C11H14ClNO/c12-10-4-2-1-3-9(10)11(7-14)13-8-5-6-8/h1-4,8,11,13-14H,5-7H2. The molecule has 1 fully saturated rings. The lowest BCUT2D eigenvalue weighted by atomic mass is 10.1. The van der Waals surface area contributed by atoms with Crippen molar-refractivity contribution in [2.45, 2.75) is 24.9 Å². The van der Waals surface area contributed by atoms with Gasteiger partial charge in [0.05, 0.1) is 12.6 Å². The van der Waals surface area contributed by atoms with Crippen LogP contribution in [-0.4, -0.2) is 17.8 Å². The summed E-state index contributed by atoms with van der Waals surface area (Å²) < 4.78 is 0. The molecule has 1 aromatic rings. The first-order chi connectivity index (χ1) is 6.81. The summed E-state index contributed by atoms with van der Waals surface area (Å²) in [6.45, 7) is 0.0975. The maximum Gasteiger partial charge on any atom is 0.0627 e. The van der Waals surface area contributed by atoms with E-state index in [9.17, 15) is 5.11 Å². The molecule has 1 aliphatic rings. The van der Waals surface area contributed by atoms with E-state index in [0.717, 1.165) is 10.6 Å². The topological polar surface area (TPSA) is 32.3 Å². The molecule has 2 rings (SSSR count). The first-order valence-electron chi connectivity index (χ1n) is 4.92. The molecule has 0 amide bonds. The molecule has 3 heteroatoms.